The fraction of sp³-hybridized carbons (Fsp3) is 0.462. The van der Waals surface area contributed by atoms with E-state index in [1.54, 1.807) is 19.1 Å². The Morgan fingerprint density at radius 2 is 2.11 bits per heavy atom. The highest BCUT2D eigenvalue weighted by atomic mass is 32.2. The lowest BCUT2D eigenvalue weighted by molar-refractivity contribution is -0.115. The van der Waals surface area contributed by atoms with E-state index in [4.69, 9.17) is 0 Å². The number of nitrogens with zero attached hydrogens (tertiary/aromatic N) is 1. The summed E-state index contributed by atoms with van der Waals surface area (Å²) in [7, 11) is -1.26. The number of sulfone groups is 1. The molecule has 1 aromatic rings. The van der Waals surface area contributed by atoms with Gasteiger partial charge in [-0.2, -0.15) is 0 Å². The van der Waals surface area contributed by atoms with Crippen molar-refractivity contribution in [3.05, 3.63) is 23.8 Å². The van der Waals surface area contributed by atoms with Crippen molar-refractivity contribution in [2.24, 2.45) is 0 Å². The molecule has 18 heavy (non-hydrogen) atoms. The van der Waals surface area contributed by atoms with Gasteiger partial charge in [0.25, 0.3) is 0 Å². The van der Waals surface area contributed by atoms with Gasteiger partial charge in [-0.25, -0.2) is 8.42 Å². The van der Waals surface area contributed by atoms with Gasteiger partial charge in [-0.05, 0) is 43.5 Å². The van der Waals surface area contributed by atoms with Crippen LogP contribution >= 0.6 is 0 Å². The van der Waals surface area contributed by atoms with Crippen molar-refractivity contribution in [2.75, 3.05) is 24.2 Å². The number of fused-ring (bicyclic) bond motifs is 1. The fourth-order valence-corrected chi connectivity index (χ4v) is 3.87. The van der Waals surface area contributed by atoms with Crippen LogP contribution in [0.25, 0.3) is 0 Å². The second-order valence-corrected chi connectivity index (χ2v) is 6.85. The lowest BCUT2D eigenvalue weighted by Gasteiger charge is -2.22. The Morgan fingerprint density at radius 3 is 2.78 bits per heavy atom. The van der Waals surface area contributed by atoms with Gasteiger partial charge >= 0.3 is 0 Å². The summed E-state index contributed by atoms with van der Waals surface area (Å²) in [5, 5.41) is 0. The average molecular weight is 267 g/mol. The van der Waals surface area contributed by atoms with Crippen LogP contribution in [-0.2, 0) is 21.1 Å². The Kier molecular flexibility index (Phi) is 3.43. The molecule has 0 aromatic heterocycles. The topological polar surface area (TPSA) is 54.5 Å². The summed E-state index contributed by atoms with van der Waals surface area (Å²) in [6.07, 6.45) is 1.46. The number of hydrogen-bond acceptors (Lipinski definition) is 4. The van der Waals surface area contributed by atoms with E-state index in [2.05, 4.69) is 0 Å². The van der Waals surface area contributed by atoms with Gasteiger partial charge in [0, 0.05) is 12.7 Å². The molecule has 1 aliphatic heterocycles. The largest absolute Gasteiger partial charge is 0.367 e. The van der Waals surface area contributed by atoms with Crippen molar-refractivity contribution >= 4 is 21.3 Å². The molecule has 4 nitrogen and oxygen atoms in total. The fourth-order valence-electron chi connectivity index (χ4n) is 2.29. The summed E-state index contributed by atoms with van der Waals surface area (Å²) in [6, 6.07) is 5.31. The molecule has 2 rings (SSSR count). The van der Waals surface area contributed by atoms with Crippen LogP contribution in [0.15, 0.2) is 23.1 Å². The lowest BCUT2D eigenvalue weighted by atomic mass is 10.1. The predicted octanol–water partition coefficient (Wildman–Crippen LogP) is 1.43. The zero-order valence-corrected chi connectivity index (χ0v) is 11.5. The van der Waals surface area contributed by atoms with Crippen LogP contribution in [0.4, 0.5) is 5.69 Å². The van der Waals surface area contributed by atoms with Crippen LogP contribution in [0, 0.1) is 0 Å². The molecule has 0 aliphatic carbocycles. The summed E-state index contributed by atoms with van der Waals surface area (Å²) < 4.78 is 23.7. The summed E-state index contributed by atoms with van der Waals surface area (Å²) >= 11 is 0. The van der Waals surface area contributed by atoms with Crippen LogP contribution < -0.4 is 4.90 Å². The van der Waals surface area contributed by atoms with Crippen molar-refractivity contribution in [1.82, 2.24) is 0 Å². The summed E-state index contributed by atoms with van der Waals surface area (Å²) in [4.78, 5) is 13.4. The molecule has 0 bridgehead atoms. The first kappa shape index (κ1) is 13.1. The highest BCUT2D eigenvalue weighted by Crippen LogP contribution is 2.28. The number of aryl methyl sites for hydroxylation is 1. The second kappa shape index (κ2) is 4.72. The highest BCUT2D eigenvalue weighted by molar-refractivity contribution is 7.91. The number of likely N-dealkylation sites (N-methyl/N-ethyl adjacent to an activating group) is 1. The number of rotatable bonds is 3. The zero-order chi connectivity index (χ0) is 13.3. The molecule has 1 heterocycles. The molecule has 1 aliphatic rings. The number of anilines is 1. The Bertz CT molecular complexity index is 578. The van der Waals surface area contributed by atoms with Crippen LogP contribution in [0.3, 0.4) is 0 Å². The number of carbonyl (C=O) groups excluding carboxylic acids is 1. The average Bonchev–Trinajstić information content (AvgIpc) is 2.27. The van der Waals surface area contributed by atoms with E-state index in [1.165, 1.54) is 0 Å². The Morgan fingerprint density at radius 1 is 1.39 bits per heavy atom. The molecule has 5 heteroatoms. The van der Waals surface area contributed by atoms with Gasteiger partial charge in [0.15, 0.2) is 9.84 Å². The van der Waals surface area contributed by atoms with Crippen molar-refractivity contribution < 1.29 is 13.2 Å². The van der Waals surface area contributed by atoms with Gasteiger partial charge in [0.2, 0.25) is 0 Å². The monoisotopic (exact) mass is 267 g/mol. The molecule has 1 aromatic carbocycles. The maximum atomic E-state index is 11.9. The van der Waals surface area contributed by atoms with Gasteiger partial charge in [0.1, 0.15) is 5.78 Å². The predicted molar refractivity (Wildman–Crippen MR) is 70.8 cm³/mol. The summed E-state index contributed by atoms with van der Waals surface area (Å²) in [5.74, 6) is 0.325. The Hall–Kier alpha value is -1.36. The third-order valence-corrected chi connectivity index (χ3v) is 5.03. The molecule has 0 N–H and O–H groups in total. The van der Waals surface area contributed by atoms with E-state index < -0.39 is 9.84 Å². The number of Topliss-reactive ketones (excluding diaryl/α,β-unsaturated/α-hetero) is 1. The number of hydrogen-bond donors (Lipinski definition) is 0. The molecule has 0 saturated heterocycles. The first-order valence-corrected chi connectivity index (χ1v) is 7.61. The van der Waals surface area contributed by atoms with Gasteiger partial charge in [0.05, 0.1) is 17.2 Å². The van der Waals surface area contributed by atoms with E-state index in [9.17, 15) is 13.2 Å². The molecular weight excluding hydrogens is 250 g/mol. The lowest BCUT2D eigenvalue weighted by Crippen LogP contribution is -2.24. The van der Waals surface area contributed by atoms with E-state index in [-0.39, 0.29) is 11.5 Å². The first-order chi connectivity index (χ1) is 8.40. The highest BCUT2D eigenvalue weighted by Gasteiger charge is 2.23. The second-order valence-electron chi connectivity index (χ2n) is 4.77. The van der Waals surface area contributed by atoms with Gasteiger partial charge in [-0.1, -0.05) is 0 Å². The smallest absolute Gasteiger partial charge is 0.178 e. The van der Waals surface area contributed by atoms with Gasteiger partial charge < -0.3 is 4.90 Å². The van der Waals surface area contributed by atoms with Crippen molar-refractivity contribution in [2.45, 2.75) is 24.7 Å². The van der Waals surface area contributed by atoms with Crippen molar-refractivity contribution in [3.63, 3.8) is 0 Å². The quantitative estimate of drug-likeness (QED) is 0.831. The molecule has 0 spiro atoms. The minimum Gasteiger partial charge on any atom is -0.367 e. The van der Waals surface area contributed by atoms with Crippen LogP contribution in [-0.4, -0.2) is 33.5 Å². The van der Waals surface area contributed by atoms with Crippen LogP contribution in [0.1, 0.15) is 18.9 Å². The first-order valence-electron chi connectivity index (χ1n) is 5.96. The van der Waals surface area contributed by atoms with Crippen molar-refractivity contribution in [1.29, 1.82) is 0 Å². The summed E-state index contributed by atoms with van der Waals surface area (Å²) in [5.41, 5.74) is 1.76. The molecular formula is C13H17NO3S. The molecule has 0 amide bonds. The standard InChI is InChI=1S/C13H17NO3S/c1-10(15)9-14(2)12-5-6-13-11(8-12)4-3-7-18(13,16)17/h5-6,8H,3-4,7,9H2,1-2H3. The molecule has 0 fully saturated rings. The third kappa shape index (κ3) is 2.56. The zero-order valence-electron chi connectivity index (χ0n) is 10.6. The number of carbonyl (C=O) groups is 1. The van der Waals surface area contributed by atoms with E-state index >= 15 is 0 Å². The minimum absolute atomic E-state index is 0.0860. The summed E-state index contributed by atoms with van der Waals surface area (Å²) in [6.45, 7) is 1.88. The maximum absolute atomic E-state index is 11.9. The van der Waals surface area contributed by atoms with E-state index in [1.807, 2.05) is 18.0 Å². The van der Waals surface area contributed by atoms with E-state index in [0.717, 1.165) is 17.7 Å². The number of benzene rings is 1. The molecule has 0 unspecified atom stereocenters. The van der Waals surface area contributed by atoms with E-state index in [0.29, 0.717) is 17.9 Å². The van der Waals surface area contributed by atoms with Gasteiger partial charge in [-0.3, -0.25) is 4.79 Å². The van der Waals surface area contributed by atoms with Crippen molar-refractivity contribution in [3.8, 4) is 0 Å². The molecule has 0 saturated carbocycles. The molecule has 0 radical (unpaired) electrons. The third-order valence-electron chi connectivity index (χ3n) is 3.14. The van der Waals surface area contributed by atoms with Crippen LogP contribution in [0.2, 0.25) is 0 Å². The van der Waals surface area contributed by atoms with Gasteiger partial charge in [-0.15, -0.1) is 0 Å². The number of ketones is 1. The normalized spacial score (nSPS) is 17.0. The SMILES string of the molecule is CC(=O)CN(C)c1ccc2c(c1)CCCS2(=O)=O. The molecule has 0 atom stereocenters. The minimum atomic E-state index is -3.09. The van der Waals surface area contributed by atoms with Crippen LogP contribution in [0.5, 0.6) is 0 Å². The Balaban J connectivity index is 2.36. The molecule has 98 valence electrons. The Labute approximate surface area is 108 Å². The maximum Gasteiger partial charge on any atom is 0.178 e.